The summed E-state index contributed by atoms with van der Waals surface area (Å²) in [4.78, 5) is 17.6. The van der Waals surface area contributed by atoms with Crippen LogP contribution >= 0.6 is 0 Å². The Bertz CT molecular complexity index is 851. The quantitative estimate of drug-likeness (QED) is 0.753. The Labute approximate surface area is 122 Å². The molecule has 2 N–H and O–H groups in total. The summed E-state index contributed by atoms with van der Waals surface area (Å²) in [7, 11) is 0. The van der Waals surface area contributed by atoms with Crippen molar-refractivity contribution in [3.63, 3.8) is 0 Å². The summed E-state index contributed by atoms with van der Waals surface area (Å²) in [6.45, 7) is 0. The summed E-state index contributed by atoms with van der Waals surface area (Å²) in [5, 5.41) is 8.86. The normalized spacial score (nSPS) is 11.8. The molecular formula is C15H9F3N2O2. The molecule has 3 aromatic rings. The van der Waals surface area contributed by atoms with Crippen LogP contribution in [0.25, 0.3) is 22.3 Å². The zero-order valence-corrected chi connectivity index (χ0v) is 11.0. The van der Waals surface area contributed by atoms with Gasteiger partial charge in [-0.1, -0.05) is 6.07 Å². The first-order valence-electron chi connectivity index (χ1n) is 6.25. The van der Waals surface area contributed by atoms with Crippen molar-refractivity contribution in [2.75, 3.05) is 0 Å². The van der Waals surface area contributed by atoms with Crippen molar-refractivity contribution >= 4 is 16.9 Å². The van der Waals surface area contributed by atoms with Crippen molar-refractivity contribution in [1.29, 1.82) is 0 Å². The molecule has 0 radical (unpaired) electrons. The molecule has 7 heteroatoms. The monoisotopic (exact) mass is 306 g/mol. The number of alkyl halides is 3. The number of pyridine rings is 1. The van der Waals surface area contributed by atoms with E-state index < -0.39 is 17.7 Å². The number of rotatable bonds is 2. The number of benzene rings is 1. The number of H-pyrrole nitrogens is 1. The second-order valence-corrected chi connectivity index (χ2v) is 4.68. The lowest BCUT2D eigenvalue weighted by Crippen LogP contribution is -2.04. The van der Waals surface area contributed by atoms with Gasteiger partial charge in [-0.2, -0.15) is 13.2 Å². The van der Waals surface area contributed by atoms with Crippen LogP contribution in [0.1, 0.15) is 15.9 Å². The standard InChI is InChI=1S/C15H9F3N2O2/c16-15(17,18)10-2-1-3-11-9(10)6-13(20-11)12-5-4-8(7-19-12)14(21)22/h1-7,20H,(H,21,22). The fourth-order valence-corrected chi connectivity index (χ4v) is 2.22. The van der Waals surface area contributed by atoms with Gasteiger partial charge in [0.1, 0.15) is 0 Å². The maximum atomic E-state index is 13.0. The average Bonchev–Trinajstić information content (AvgIpc) is 2.90. The predicted octanol–water partition coefficient (Wildman–Crippen LogP) is 3.95. The van der Waals surface area contributed by atoms with Gasteiger partial charge < -0.3 is 10.1 Å². The summed E-state index contributed by atoms with van der Waals surface area (Å²) in [5.41, 5.74) is 0.386. The van der Waals surface area contributed by atoms with E-state index in [4.69, 9.17) is 5.11 Å². The van der Waals surface area contributed by atoms with Gasteiger partial charge in [0.05, 0.1) is 22.5 Å². The molecule has 0 amide bonds. The summed E-state index contributed by atoms with van der Waals surface area (Å²) in [6.07, 6.45) is -3.28. The van der Waals surface area contributed by atoms with Crippen molar-refractivity contribution in [3.05, 3.63) is 53.7 Å². The molecule has 0 spiro atoms. The highest BCUT2D eigenvalue weighted by atomic mass is 19.4. The summed E-state index contributed by atoms with van der Waals surface area (Å²) in [6, 6.07) is 8.04. The van der Waals surface area contributed by atoms with Gasteiger partial charge in [0.25, 0.3) is 0 Å². The van der Waals surface area contributed by atoms with Crippen LogP contribution in [0.5, 0.6) is 0 Å². The Morgan fingerprint density at radius 2 is 1.95 bits per heavy atom. The highest BCUT2D eigenvalue weighted by Crippen LogP contribution is 2.36. The molecule has 3 rings (SSSR count). The van der Waals surface area contributed by atoms with E-state index in [1.165, 1.54) is 24.3 Å². The topological polar surface area (TPSA) is 66.0 Å². The third-order valence-corrected chi connectivity index (χ3v) is 3.26. The number of hydrogen-bond acceptors (Lipinski definition) is 2. The average molecular weight is 306 g/mol. The van der Waals surface area contributed by atoms with Crippen LogP contribution in [0.3, 0.4) is 0 Å². The Morgan fingerprint density at radius 1 is 1.18 bits per heavy atom. The first kappa shape index (κ1) is 14.1. The van der Waals surface area contributed by atoms with E-state index in [2.05, 4.69) is 9.97 Å². The second-order valence-electron chi connectivity index (χ2n) is 4.68. The van der Waals surface area contributed by atoms with Gasteiger partial charge in [-0.3, -0.25) is 4.98 Å². The number of aromatic amines is 1. The minimum Gasteiger partial charge on any atom is -0.478 e. The van der Waals surface area contributed by atoms with Gasteiger partial charge in [0, 0.05) is 17.1 Å². The van der Waals surface area contributed by atoms with Crippen LogP contribution in [0.4, 0.5) is 13.2 Å². The van der Waals surface area contributed by atoms with Gasteiger partial charge in [-0.25, -0.2) is 4.79 Å². The van der Waals surface area contributed by atoms with Crippen molar-refractivity contribution in [2.45, 2.75) is 6.18 Å². The van der Waals surface area contributed by atoms with E-state index in [1.54, 1.807) is 6.07 Å². The minimum atomic E-state index is -4.44. The highest BCUT2D eigenvalue weighted by Gasteiger charge is 2.32. The molecule has 0 bridgehead atoms. The van der Waals surface area contributed by atoms with E-state index >= 15 is 0 Å². The third kappa shape index (κ3) is 2.41. The lowest BCUT2D eigenvalue weighted by Gasteiger charge is -2.06. The maximum Gasteiger partial charge on any atom is 0.417 e. The third-order valence-electron chi connectivity index (χ3n) is 3.26. The number of fused-ring (bicyclic) bond motifs is 1. The van der Waals surface area contributed by atoms with Crippen molar-refractivity contribution in [3.8, 4) is 11.4 Å². The number of halogens is 3. The van der Waals surface area contributed by atoms with Crippen LogP contribution < -0.4 is 0 Å². The number of aromatic carboxylic acids is 1. The SMILES string of the molecule is O=C(O)c1ccc(-c2cc3c(C(F)(F)F)cccc3[nH]2)nc1. The molecule has 0 fully saturated rings. The number of carbonyl (C=O) groups is 1. The molecule has 0 saturated carbocycles. The number of aromatic nitrogens is 2. The molecule has 0 saturated heterocycles. The number of hydrogen-bond donors (Lipinski definition) is 2. The number of carboxylic acid groups (broad SMARTS) is 1. The zero-order chi connectivity index (χ0) is 15.9. The van der Waals surface area contributed by atoms with Crippen LogP contribution in [-0.4, -0.2) is 21.0 Å². The minimum absolute atomic E-state index is 0.0100. The molecule has 112 valence electrons. The fraction of sp³-hybridized carbons (Fsp3) is 0.0667. The van der Waals surface area contributed by atoms with Crippen LogP contribution in [-0.2, 0) is 6.18 Å². The maximum absolute atomic E-state index is 13.0. The molecule has 2 aromatic heterocycles. The lowest BCUT2D eigenvalue weighted by atomic mass is 10.1. The van der Waals surface area contributed by atoms with Gasteiger partial charge in [0.15, 0.2) is 0 Å². The van der Waals surface area contributed by atoms with Crippen molar-refractivity contribution in [2.24, 2.45) is 0 Å². The van der Waals surface area contributed by atoms with Crippen LogP contribution in [0, 0.1) is 0 Å². The van der Waals surface area contributed by atoms with E-state index in [0.717, 1.165) is 12.3 Å². The van der Waals surface area contributed by atoms with Gasteiger partial charge in [0.2, 0.25) is 0 Å². The fourth-order valence-electron chi connectivity index (χ4n) is 2.22. The summed E-state index contributed by atoms with van der Waals surface area (Å²) >= 11 is 0. The Balaban J connectivity index is 2.11. The molecule has 0 aliphatic rings. The van der Waals surface area contributed by atoms with E-state index in [1.807, 2.05) is 0 Å². The smallest absolute Gasteiger partial charge is 0.417 e. The Kier molecular flexibility index (Phi) is 3.13. The molecule has 0 aliphatic heterocycles. The van der Waals surface area contributed by atoms with Crippen molar-refractivity contribution < 1.29 is 23.1 Å². The molecule has 22 heavy (non-hydrogen) atoms. The van der Waals surface area contributed by atoms with E-state index in [-0.39, 0.29) is 10.9 Å². The predicted molar refractivity (Wildman–Crippen MR) is 73.5 cm³/mol. The highest BCUT2D eigenvalue weighted by molar-refractivity contribution is 5.90. The number of nitrogens with zero attached hydrogens (tertiary/aromatic N) is 1. The van der Waals surface area contributed by atoms with E-state index in [9.17, 15) is 18.0 Å². The van der Waals surface area contributed by atoms with Gasteiger partial charge in [-0.15, -0.1) is 0 Å². The summed E-state index contributed by atoms with van der Waals surface area (Å²) < 4.78 is 38.9. The molecule has 0 atom stereocenters. The largest absolute Gasteiger partial charge is 0.478 e. The number of carboxylic acids is 1. The molecule has 2 heterocycles. The van der Waals surface area contributed by atoms with Gasteiger partial charge >= 0.3 is 12.1 Å². The zero-order valence-electron chi connectivity index (χ0n) is 11.0. The van der Waals surface area contributed by atoms with Crippen LogP contribution in [0.2, 0.25) is 0 Å². The lowest BCUT2D eigenvalue weighted by molar-refractivity contribution is -0.136. The Hall–Kier alpha value is -2.83. The first-order chi connectivity index (χ1) is 10.4. The molecule has 0 aliphatic carbocycles. The summed E-state index contributed by atoms with van der Waals surface area (Å²) in [5.74, 6) is -1.12. The van der Waals surface area contributed by atoms with Gasteiger partial charge in [-0.05, 0) is 30.3 Å². The van der Waals surface area contributed by atoms with Crippen LogP contribution in [0.15, 0.2) is 42.6 Å². The molecule has 0 unspecified atom stereocenters. The Morgan fingerprint density at radius 3 is 2.55 bits per heavy atom. The molecular weight excluding hydrogens is 297 g/mol. The first-order valence-corrected chi connectivity index (χ1v) is 6.25. The van der Waals surface area contributed by atoms with E-state index in [0.29, 0.717) is 16.9 Å². The molecule has 4 nitrogen and oxygen atoms in total. The second kappa shape index (κ2) is 4.87. The van der Waals surface area contributed by atoms with Crippen molar-refractivity contribution in [1.82, 2.24) is 9.97 Å². The molecule has 1 aromatic carbocycles. The number of nitrogens with one attached hydrogen (secondary N) is 1.